The molecule has 0 saturated heterocycles. The zero-order valence-corrected chi connectivity index (χ0v) is 12.0. The number of nitrogens with zero attached hydrogens (tertiary/aromatic N) is 2. The largest absolute Gasteiger partial charge is 0.351 e. The van der Waals surface area contributed by atoms with Crippen LogP contribution in [0.25, 0.3) is 0 Å². The Morgan fingerprint density at radius 2 is 2.16 bits per heavy atom. The van der Waals surface area contributed by atoms with Crippen LogP contribution in [0, 0.1) is 0 Å². The third-order valence-corrected chi connectivity index (χ3v) is 3.47. The summed E-state index contributed by atoms with van der Waals surface area (Å²) in [5.41, 5.74) is 1.35. The van der Waals surface area contributed by atoms with E-state index in [2.05, 4.69) is 10.4 Å². The van der Waals surface area contributed by atoms with Gasteiger partial charge in [-0.1, -0.05) is 6.92 Å². The van der Waals surface area contributed by atoms with Gasteiger partial charge in [-0.15, -0.1) is 0 Å². The molecule has 0 spiro atoms. The van der Waals surface area contributed by atoms with E-state index >= 15 is 0 Å². The third kappa shape index (κ3) is 4.99. The van der Waals surface area contributed by atoms with Gasteiger partial charge in [-0.05, 0) is 25.8 Å². The predicted molar refractivity (Wildman–Crippen MR) is 72.2 cm³/mol. The highest BCUT2D eigenvalue weighted by Gasteiger charge is 2.13. The Balaban J connectivity index is 2.56. The van der Waals surface area contributed by atoms with Gasteiger partial charge in [0.2, 0.25) is 10.0 Å². The maximum Gasteiger partial charge on any atom is 0.269 e. The van der Waals surface area contributed by atoms with E-state index in [1.54, 1.807) is 10.7 Å². The first-order valence-electron chi connectivity index (χ1n) is 6.22. The second-order valence-corrected chi connectivity index (χ2v) is 5.90. The lowest BCUT2D eigenvalue weighted by atomic mass is 10.3. The summed E-state index contributed by atoms with van der Waals surface area (Å²) < 4.78 is 23.1. The average molecular weight is 288 g/mol. The second-order valence-electron chi connectivity index (χ2n) is 4.17. The lowest BCUT2D eigenvalue weighted by molar-refractivity contribution is 0.0943. The fourth-order valence-electron chi connectivity index (χ4n) is 1.63. The minimum Gasteiger partial charge on any atom is -0.351 e. The van der Waals surface area contributed by atoms with Crippen LogP contribution in [0.3, 0.4) is 0 Å². The molecule has 3 N–H and O–H groups in total. The molecule has 0 fully saturated rings. The zero-order chi connectivity index (χ0) is 14.5. The molecule has 0 aliphatic carbocycles. The van der Waals surface area contributed by atoms with E-state index in [0.29, 0.717) is 18.7 Å². The van der Waals surface area contributed by atoms with Crippen molar-refractivity contribution in [2.45, 2.75) is 33.2 Å². The molecular formula is C11H20N4O3S. The predicted octanol–water partition coefficient (Wildman–Crippen LogP) is -0.126. The number of hydrogen-bond acceptors (Lipinski definition) is 4. The molecule has 108 valence electrons. The Kier molecular flexibility index (Phi) is 5.49. The normalized spacial score (nSPS) is 11.5. The highest BCUT2D eigenvalue weighted by molar-refractivity contribution is 7.89. The van der Waals surface area contributed by atoms with Crippen LogP contribution in [0.15, 0.2) is 6.07 Å². The number of nitrogens with one attached hydrogen (secondary N) is 1. The summed E-state index contributed by atoms with van der Waals surface area (Å²) in [7, 11) is -3.47. The van der Waals surface area contributed by atoms with Crippen molar-refractivity contribution < 1.29 is 13.2 Å². The number of hydrogen-bond donors (Lipinski definition) is 2. The van der Waals surface area contributed by atoms with Gasteiger partial charge >= 0.3 is 0 Å². The molecule has 1 rings (SSSR count). The average Bonchev–Trinajstić information content (AvgIpc) is 2.76. The molecular weight excluding hydrogens is 268 g/mol. The van der Waals surface area contributed by atoms with Crippen LogP contribution in [-0.4, -0.2) is 36.4 Å². The van der Waals surface area contributed by atoms with Crippen molar-refractivity contribution >= 4 is 15.9 Å². The van der Waals surface area contributed by atoms with Crippen molar-refractivity contribution in [1.29, 1.82) is 0 Å². The van der Waals surface area contributed by atoms with Crippen LogP contribution in [0.1, 0.15) is 36.5 Å². The molecule has 1 amide bonds. The van der Waals surface area contributed by atoms with Crippen molar-refractivity contribution in [2.75, 3.05) is 12.3 Å². The molecule has 0 atom stereocenters. The number of amides is 1. The topological polar surface area (TPSA) is 107 Å². The maximum atomic E-state index is 11.9. The van der Waals surface area contributed by atoms with E-state index in [9.17, 15) is 13.2 Å². The molecule has 7 nitrogen and oxygen atoms in total. The fourth-order valence-corrected chi connectivity index (χ4v) is 2.18. The van der Waals surface area contributed by atoms with Gasteiger partial charge in [-0.25, -0.2) is 13.6 Å². The molecule has 0 aromatic carbocycles. The Morgan fingerprint density at radius 3 is 2.68 bits per heavy atom. The van der Waals surface area contributed by atoms with Gasteiger partial charge in [-0.2, -0.15) is 5.10 Å². The quantitative estimate of drug-likeness (QED) is 0.682. The van der Waals surface area contributed by atoms with Gasteiger partial charge in [0.15, 0.2) is 0 Å². The van der Waals surface area contributed by atoms with E-state index in [-0.39, 0.29) is 18.2 Å². The first-order chi connectivity index (χ1) is 8.87. The van der Waals surface area contributed by atoms with Crippen molar-refractivity contribution in [2.24, 2.45) is 5.14 Å². The number of sulfonamides is 1. The van der Waals surface area contributed by atoms with Crippen LogP contribution in [0.4, 0.5) is 0 Å². The van der Waals surface area contributed by atoms with E-state index in [1.165, 1.54) is 0 Å². The molecule has 0 aliphatic heterocycles. The molecule has 1 aromatic rings. The van der Waals surface area contributed by atoms with Crippen molar-refractivity contribution in [3.63, 3.8) is 0 Å². The Morgan fingerprint density at radius 1 is 1.47 bits per heavy atom. The lowest BCUT2D eigenvalue weighted by Crippen LogP contribution is -2.29. The van der Waals surface area contributed by atoms with Gasteiger partial charge in [0, 0.05) is 13.1 Å². The van der Waals surface area contributed by atoms with Gasteiger partial charge in [0.1, 0.15) is 5.69 Å². The standard InChI is InChI=1S/C11H20N4O3S/c1-3-9-8-10(15(4-2)14-9)11(16)13-6-5-7-19(12,17)18/h8H,3-7H2,1-2H3,(H,13,16)(H2,12,17,18). The summed E-state index contributed by atoms with van der Waals surface area (Å²) in [5, 5.41) is 11.8. The van der Waals surface area contributed by atoms with Gasteiger partial charge in [-0.3, -0.25) is 9.48 Å². The number of nitrogens with two attached hydrogens (primary N) is 1. The van der Waals surface area contributed by atoms with Gasteiger partial charge in [0.05, 0.1) is 11.4 Å². The number of primary sulfonamides is 1. The highest BCUT2D eigenvalue weighted by atomic mass is 32.2. The Bertz CT molecular complexity index is 536. The van der Waals surface area contributed by atoms with Crippen molar-refractivity contribution in [3.8, 4) is 0 Å². The monoisotopic (exact) mass is 288 g/mol. The summed E-state index contributed by atoms with van der Waals surface area (Å²) in [4.78, 5) is 11.9. The van der Waals surface area contributed by atoms with Crippen LogP contribution in [0.5, 0.6) is 0 Å². The van der Waals surface area contributed by atoms with Crippen LogP contribution in [0.2, 0.25) is 0 Å². The first kappa shape index (κ1) is 15.6. The van der Waals surface area contributed by atoms with Crippen LogP contribution < -0.4 is 10.5 Å². The molecule has 1 heterocycles. The fraction of sp³-hybridized carbons (Fsp3) is 0.636. The summed E-state index contributed by atoms with van der Waals surface area (Å²) in [6.07, 6.45) is 1.06. The number of carbonyl (C=O) groups excluding carboxylic acids is 1. The number of aromatic nitrogens is 2. The summed E-state index contributed by atoms with van der Waals surface area (Å²) in [5.74, 6) is -0.385. The smallest absolute Gasteiger partial charge is 0.269 e. The SMILES string of the molecule is CCc1cc(C(=O)NCCCS(N)(=O)=O)n(CC)n1. The number of rotatable bonds is 7. The molecule has 19 heavy (non-hydrogen) atoms. The molecule has 0 bridgehead atoms. The minimum absolute atomic E-state index is 0.138. The maximum absolute atomic E-state index is 11.9. The van der Waals surface area contributed by atoms with E-state index in [1.807, 2.05) is 13.8 Å². The third-order valence-electron chi connectivity index (χ3n) is 2.62. The molecule has 0 unspecified atom stereocenters. The Labute approximate surface area is 113 Å². The first-order valence-corrected chi connectivity index (χ1v) is 7.94. The second kappa shape index (κ2) is 6.67. The zero-order valence-electron chi connectivity index (χ0n) is 11.2. The van der Waals surface area contributed by atoms with Crippen molar-refractivity contribution in [3.05, 3.63) is 17.5 Å². The lowest BCUT2D eigenvalue weighted by Gasteiger charge is -2.06. The summed E-state index contributed by atoms with van der Waals surface area (Å²) in [6, 6.07) is 1.75. The van der Waals surface area contributed by atoms with E-state index < -0.39 is 10.0 Å². The Hall–Kier alpha value is -1.41. The van der Waals surface area contributed by atoms with Gasteiger partial charge < -0.3 is 5.32 Å². The van der Waals surface area contributed by atoms with Crippen LogP contribution >= 0.6 is 0 Å². The van der Waals surface area contributed by atoms with E-state index in [4.69, 9.17) is 5.14 Å². The van der Waals surface area contributed by atoms with Gasteiger partial charge in [0.25, 0.3) is 5.91 Å². The molecule has 1 aromatic heterocycles. The molecule has 0 aliphatic rings. The molecule has 8 heteroatoms. The number of aryl methyl sites for hydroxylation is 2. The minimum atomic E-state index is -3.47. The number of carbonyl (C=O) groups is 1. The molecule has 0 radical (unpaired) electrons. The van der Waals surface area contributed by atoms with Crippen LogP contribution in [-0.2, 0) is 23.0 Å². The highest BCUT2D eigenvalue weighted by Crippen LogP contribution is 2.05. The van der Waals surface area contributed by atoms with Crippen molar-refractivity contribution in [1.82, 2.24) is 15.1 Å². The van der Waals surface area contributed by atoms with E-state index in [0.717, 1.165) is 12.1 Å². The summed E-state index contributed by atoms with van der Waals surface area (Å²) >= 11 is 0. The molecule has 0 saturated carbocycles. The summed E-state index contributed by atoms with van der Waals surface area (Å²) in [6.45, 7) is 4.76.